The summed E-state index contributed by atoms with van der Waals surface area (Å²) in [5.74, 6) is 1.05. The van der Waals surface area contributed by atoms with Gasteiger partial charge in [-0.1, -0.05) is 6.42 Å². The quantitative estimate of drug-likeness (QED) is 0.745. The van der Waals surface area contributed by atoms with Crippen LogP contribution in [0.4, 0.5) is 0 Å². The molecule has 2 heterocycles. The van der Waals surface area contributed by atoms with Gasteiger partial charge in [-0.2, -0.15) is 0 Å². The summed E-state index contributed by atoms with van der Waals surface area (Å²) < 4.78 is 0. The molecule has 15 heavy (non-hydrogen) atoms. The van der Waals surface area contributed by atoms with E-state index in [9.17, 15) is 0 Å². The summed E-state index contributed by atoms with van der Waals surface area (Å²) in [5.41, 5.74) is 0.669. The van der Waals surface area contributed by atoms with E-state index in [0.29, 0.717) is 5.41 Å². The lowest BCUT2D eigenvalue weighted by Gasteiger charge is -2.42. The van der Waals surface area contributed by atoms with E-state index in [1.54, 1.807) is 0 Å². The van der Waals surface area contributed by atoms with Crippen LogP contribution in [0.5, 0.6) is 0 Å². The Hall–Kier alpha value is -0.0800. The predicted molar refractivity (Wildman–Crippen MR) is 62.9 cm³/mol. The molecule has 1 saturated carbocycles. The molecule has 0 radical (unpaired) electrons. The van der Waals surface area contributed by atoms with Crippen molar-refractivity contribution in [3.63, 3.8) is 0 Å². The molecule has 0 unspecified atom stereocenters. The smallest absolute Gasteiger partial charge is 0.00507 e. The first kappa shape index (κ1) is 10.1. The number of nitrogens with zero attached hydrogens (tertiary/aromatic N) is 1. The Kier molecular flexibility index (Phi) is 2.73. The molecule has 0 bridgehead atoms. The second-order valence-corrected chi connectivity index (χ2v) is 6.06. The van der Waals surface area contributed by atoms with E-state index in [1.165, 1.54) is 71.2 Å². The molecule has 0 aromatic carbocycles. The maximum Gasteiger partial charge on any atom is 0.00507 e. The Bertz CT molecular complexity index is 217. The minimum Gasteiger partial charge on any atom is -0.316 e. The minimum atomic E-state index is 0.669. The highest BCUT2D eigenvalue weighted by molar-refractivity contribution is 4.93. The molecular formula is C13H24N2. The molecule has 0 amide bonds. The van der Waals surface area contributed by atoms with E-state index >= 15 is 0 Å². The van der Waals surface area contributed by atoms with Gasteiger partial charge in [-0.25, -0.2) is 0 Å². The van der Waals surface area contributed by atoms with E-state index in [1.807, 2.05) is 0 Å². The van der Waals surface area contributed by atoms with Gasteiger partial charge in [0.05, 0.1) is 0 Å². The van der Waals surface area contributed by atoms with Crippen molar-refractivity contribution in [3.8, 4) is 0 Å². The SMILES string of the molecule is C1CC(CN2CCC[C@@]3(CCNC3)C2)C1. The molecule has 1 spiro atoms. The fourth-order valence-electron chi connectivity index (χ4n) is 3.65. The molecule has 2 saturated heterocycles. The third-order valence-corrected chi connectivity index (χ3v) is 4.81. The highest BCUT2D eigenvalue weighted by Crippen LogP contribution is 2.37. The van der Waals surface area contributed by atoms with Crippen LogP contribution in [0.1, 0.15) is 38.5 Å². The van der Waals surface area contributed by atoms with E-state index in [4.69, 9.17) is 0 Å². The van der Waals surface area contributed by atoms with E-state index in [-0.39, 0.29) is 0 Å². The van der Waals surface area contributed by atoms with Crippen LogP contribution in [0, 0.1) is 11.3 Å². The summed E-state index contributed by atoms with van der Waals surface area (Å²) in [7, 11) is 0. The highest BCUT2D eigenvalue weighted by atomic mass is 15.2. The van der Waals surface area contributed by atoms with Crippen LogP contribution >= 0.6 is 0 Å². The van der Waals surface area contributed by atoms with Crippen molar-refractivity contribution in [2.75, 3.05) is 32.7 Å². The summed E-state index contributed by atoms with van der Waals surface area (Å²) in [5, 5.41) is 3.56. The molecule has 2 aliphatic heterocycles. The fourth-order valence-corrected chi connectivity index (χ4v) is 3.65. The van der Waals surface area contributed by atoms with Crippen LogP contribution in [0.3, 0.4) is 0 Å². The Morgan fingerprint density at radius 3 is 2.80 bits per heavy atom. The van der Waals surface area contributed by atoms with Crippen LogP contribution in [0.2, 0.25) is 0 Å². The lowest BCUT2D eigenvalue weighted by atomic mass is 9.78. The van der Waals surface area contributed by atoms with Crippen molar-refractivity contribution in [1.82, 2.24) is 10.2 Å². The zero-order valence-corrected chi connectivity index (χ0v) is 9.80. The number of nitrogens with one attached hydrogen (secondary N) is 1. The number of likely N-dealkylation sites (tertiary alicyclic amines) is 1. The molecule has 3 fully saturated rings. The lowest BCUT2D eigenvalue weighted by Crippen LogP contribution is -2.46. The predicted octanol–water partition coefficient (Wildman–Crippen LogP) is 1.86. The average molecular weight is 208 g/mol. The lowest BCUT2D eigenvalue weighted by molar-refractivity contribution is 0.0749. The van der Waals surface area contributed by atoms with Gasteiger partial charge in [-0.3, -0.25) is 0 Å². The first-order valence-electron chi connectivity index (χ1n) is 6.79. The van der Waals surface area contributed by atoms with Crippen LogP contribution in [0.25, 0.3) is 0 Å². The van der Waals surface area contributed by atoms with Gasteiger partial charge in [-0.15, -0.1) is 0 Å². The van der Waals surface area contributed by atoms with Crippen molar-refractivity contribution in [2.24, 2.45) is 11.3 Å². The molecule has 1 atom stereocenters. The summed E-state index contributed by atoms with van der Waals surface area (Å²) in [6.45, 7) is 6.71. The van der Waals surface area contributed by atoms with Gasteiger partial charge in [0, 0.05) is 19.6 Å². The molecule has 0 aromatic rings. The number of hydrogen-bond donors (Lipinski definition) is 1. The van der Waals surface area contributed by atoms with Crippen LogP contribution in [-0.2, 0) is 0 Å². The van der Waals surface area contributed by atoms with Gasteiger partial charge in [0.2, 0.25) is 0 Å². The Labute approximate surface area is 93.4 Å². The molecule has 0 aromatic heterocycles. The molecule has 3 rings (SSSR count). The third kappa shape index (κ3) is 2.07. The summed E-state index contributed by atoms with van der Waals surface area (Å²) in [6, 6.07) is 0. The van der Waals surface area contributed by atoms with Gasteiger partial charge in [0.25, 0.3) is 0 Å². The molecule has 2 nitrogen and oxygen atoms in total. The van der Waals surface area contributed by atoms with Gasteiger partial charge in [-0.05, 0) is 56.5 Å². The van der Waals surface area contributed by atoms with Crippen LogP contribution in [-0.4, -0.2) is 37.6 Å². The van der Waals surface area contributed by atoms with Crippen LogP contribution < -0.4 is 5.32 Å². The first-order chi connectivity index (χ1) is 7.36. The van der Waals surface area contributed by atoms with Gasteiger partial charge in [0.1, 0.15) is 0 Å². The number of rotatable bonds is 2. The standard InChI is InChI=1S/C13H24N2/c1-3-12(4-1)9-15-8-2-5-13(11-15)6-7-14-10-13/h12,14H,1-11H2/t13-/m0/s1. The number of hydrogen-bond acceptors (Lipinski definition) is 2. The molecule has 3 aliphatic rings. The molecule has 1 N–H and O–H groups in total. The average Bonchev–Trinajstić information content (AvgIpc) is 2.60. The Balaban J connectivity index is 1.55. The summed E-state index contributed by atoms with van der Waals surface area (Å²) >= 11 is 0. The topological polar surface area (TPSA) is 15.3 Å². The Morgan fingerprint density at radius 2 is 2.13 bits per heavy atom. The zero-order valence-electron chi connectivity index (χ0n) is 9.80. The minimum absolute atomic E-state index is 0.669. The van der Waals surface area contributed by atoms with E-state index in [2.05, 4.69) is 10.2 Å². The first-order valence-corrected chi connectivity index (χ1v) is 6.79. The van der Waals surface area contributed by atoms with Crippen molar-refractivity contribution in [1.29, 1.82) is 0 Å². The van der Waals surface area contributed by atoms with E-state index in [0.717, 1.165) is 5.92 Å². The maximum absolute atomic E-state index is 3.56. The van der Waals surface area contributed by atoms with Gasteiger partial charge in [0.15, 0.2) is 0 Å². The maximum atomic E-state index is 3.56. The van der Waals surface area contributed by atoms with Crippen molar-refractivity contribution >= 4 is 0 Å². The second-order valence-electron chi connectivity index (χ2n) is 6.06. The fraction of sp³-hybridized carbons (Fsp3) is 1.00. The normalized spacial score (nSPS) is 38.4. The van der Waals surface area contributed by atoms with Crippen molar-refractivity contribution in [3.05, 3.63) is 0 Å². The molecule has 1 aliphatic carbocycles. The van der Waals surface area contributed by atoms with E-state index < -0.39 is 0 Å². The van der Waals surface area contributed by atoms with Crippen molar-refractivity contribution < 1.29 is 0 Å². The Morgan fingerprint density at radius 1 is 1.20 bits per heavy atom. The third-order valence-electron chi connectivity index (χ3n) is 4.81. The zero-order chi connectivity index (χ0) is 10.1. The molecule has 2 heteroatoms. The molecular weight excluding hydrogens is 184 g/mol. The second kappa shape index (κ2) is 4.06. The van der Waals surface area contributed by atoms with Gasteiger partial charge >= 0.3 is 0 Å². The largest absolute Gasteiger partial charge is 0.316 e. The summed E-state index contributed by atoms with van der Waals surface area (Å²) in [4.78, 5) is 2.76. The molecule has 86 valence electrons. The number of piperidine rings is 1. The highest BCUT2D eigenvalue weighted by Gasteiger charge is 2.38. The van der Waals surface area contributed by atoms with Crippen molar-refractivity contribution in [2.45, 2.75) is 38.5 Å². The van der Waals surface area contributed by atoms with Gasteiger partial charge < -0.3 is 10.2 Å². The van der Waals surface area contributed by atoms with Crippen LogP contribution in [0.15, 0.2) is 0 Å². The monoisotopic (exact) mass is 208 g/mol. The summed E-state index contributed by atoms with van der Waals surface area (Å²) in [6.07, 6.45) is 8.83.